The van der Waals surface area contributed by atoms with E-state index >= 15 is 0 Å². The highest BCUT2D eigenvalue weighted by Gasteiger charge is 2.24. The number of carbonyl (C=O) groups is 2. The molecule has 0 saturated carbocycles. The van der Waals surface area contributed by atoms with E-state index in [0.29, 0.717) is 0 Å². The average Bonchev–Trinajstić information content (AvgIpc) is 2.11. The van der Waals surface area contributed by atoms with Gasteiger partial charge >= 0.3 is 9.12 Å². The summed E-state index contributed by atoms with van der Waals surface area (Å²) in [6.07, 6.45) is 1.87. The van der Waals surface area contributed by atoms with Gasteiger partial charge in [0, 0.05) is 27.9 Å². The molecule has 0 heterocycles. The predicted molar refractivity (Wildman–Crippen MR) is 57.5 cm³/mol. The Hall–Kier alpha value is -1.10. The standard InChI is InChI=1S/C9H17N2O2Si/c1-6-7-14(10(4)8(2)12)11(5)9(3)13/h6-7H,1-5H3. The molecule has 0 N–H and O–H groups in total. The Morgan fingerprint density at radius 3 is 1.64 bits per heavy atom. The zero-order valence-electron chi connectivity index (χ0n) is 9.37. The highest BCUT2D eigenvalue weighted by Crippen LogP contribution is 2.00. The average molecular weight is 213 g/mol. The molecular weight excluding hydrogens is 196 g/mol. The monoisotopic (exact) mass is 213 g/mol. The van der Waals surface area contributed by atoms with E-state index in [1.807, 2.05) is 18.7 Å². The van der Waals surface area contributed by atoms with Crippen molar-refractivity contribution in [3.63, 3.8) is 0 Å². The fraction of sp³-hybridized carbons (Fsp3) is 0.556. The van der Waals surface area contributed by atoms with Gasteiger partial charge in [-0.2, -0.15) is 0 Å². The zero-order valence-corrected chi connectivity index (χ0v) is 10.4. The molecule has 0 unspecified atom stereocenters. The van der Waals surface area contributed by atoms with Gasteiger partial charge in [-0.05, 0) is 6.92 Å². The highest BCUT2D eigenvalue weighted by molar-refractivity contribution is 6.63. The molecule has 14 heavy (non-hydrogen) atoms. The van der Waals surface area contributed by atoms with Crippen molar-refractivity contribution in [3.8, 4) is 0 Å². The number of carbonyl (C=O) groups excluding carboxylic acids is 2. The maximum atomic E-state index is 11.2. The van der Waals surface area contributed by atoms with Crippen molar-refractivity contribution in [2.45, 2.75) is 20.8 Å². The summed E-state index contributed by atoms with van der Waals surface area (Å²) in [5.41, 5.74) is 1.91. The second-order valence-corrected chi connectivity index (χ2v) is 5.41. The minimum Gasteiger partial charge on any atom is -0.351 e. The summed E-state index contributed by atoms with van der Waals surface area (Å²) in [7, 11) is 2.07. The van der Waals surface area contributed by atoms with Crippen molar-refractivity contribution >= 4 is 20.9 Å². The van der Waals surface area contributed by atoms with Crippen LogP contribution in [0.1, 0.15) is 20.8 Å². The van der Waals surface area contributed by atoms with Crippen LogP contribution in [0.3, 0.4) is 0 Å². The van der Waals surface area contributed by atoms with Crippen molar-refractivity contribution in [1.82, 2.24) is 9.13 Å². The van der Waals surface area contributed by atoms with Gasteiger partial charge in [-0.15, -0.1) is 0 Å². The summed E-state index contributed by atoms with van der Waals surface area (Å²) < 4.78 is 3.23. The van der Waals surface area contributed by atoms with Gasteiger partial charge in [-0.1, -0.05) is 11.8 Å². The Morgan fingerprint density at radius 1 is 1.07 bits per heavy atom. The summed E-state index contributed by atoms with van der Waals surface area (Å²) in [4.78, 5) is 22.3. The minimum absolute atomic E-state index is 0.0231. The fourth-order valence-corrected chi connectivity index (χ4v) is 2.76. The third-order valence-corrected chi connectivity index (χ3v) is 4.58. The molecular formula is C9H17N2O2Si. The third-order valence-electron chi connectivity index (χ3n) is 1.95. The van der Waals surface area contributed by atoms with Crippen LogP contribution in [0, 0.1) is 0 Å². The van der Waals surface area contributed by atoms with Crippen LogP contribution in [0.25, 0.3) is 0 Å². The van der Waals surface area contributed by atoms with Crippen molar-refractivity contribution in [2.75, 3.05) is 14.1 Å². The lowest BCUT2D eigenvalue weighted by Gasteiger charge is -2.29. The molecule has 0 saturated heterocycles. The van der Waals surface area contributed by atoms with Crippen LogP contribution in [0.5, 0.6) is 0 Å². The molecule has 0 spiro atoms. The molecule has 1 radical (unpaired) electrons. The summed E-state index contributed by atoms with van der Waals surface area (Å²) in [5, 5.41) is 0. The molecule has 4 nitrogen and oxygen atoms in total. The van der Waals surface area contributed by atoms with Crippen molar-refractivity contribution < 1.29 is 9.59 Å². The van der Waals surface area contributed by atoms with Gasteiger partial charge in [0.1, 0.15) is 0 Å². The van der Waals surface area contributed by atoms with Crippen LogP contribution in [0.15, 0.2) is 11.8 Å². The first-order chi connectivity index (χ1) is 6.41. The topological polar surface area (TPSA) is 40.6 Å². The van der Waals surface area contributed by atoms with Gasteiger partial charge in [0.2, 0.25) is 11.8 Å². The predicted octanol–water partition coefficient (Wildman–Crippen LogP) is 0.546. The summed E-state index contributed by atoms with van der Waals surface area (Å²) in [6, 6.07) is 0. The van der Waals surface area contributed by atoms with Crippen LogP contribution in [0.2, 0.25) is 0 Å². The molecule has 0 aliphatic carbocycles. The van der Waals surface area contributed by atoms with Crippen LogP contribution in [0.4, 0.5) is 0 Å². The zero-order chi connectivity index (χ0) is 11.3. The van der Waals surface area contributed by atoms with E-state index in [9.17, 15) is 9.59 Å². The van der Waals surface area contributed by atoms with Crippen molar-refractivity contribution in [2.24, 2.45) is 0 Å². The van der Waals surface area contributed by atoms with Gasteiger partial charge in [-0.3, -0.25) is 9.59 Å². The maximum Gasteiger partial charge on any atom is 0.331 e. The molecule has 0 bridgehead atoms. The smallest absolute Gasteiger partial charge is 0.331 e. The number of amides is 2. The number of rotatable bonds is 3. The first kappa shape index (κ1) is 12.9. The van der Waals surface area contributed by atoms with Crippen LogP contribution in [-0.4, -0.2) is 44.2 Å². The number of nitrogens with zero attached hydrogens (tertiary/aromatic N) is 2. The van der Waals surface area contributed by atoms with E-state index in [-0.39, 0.29) is 11.8 Å². The van der Waals surface area contributed by atoms with Gasteiger partial charge in [0.15, 0.2) is 0 Å². The van der Waals surface area contributed by atoms with Crippen LogP contribution in [-0.2, 0) is 9.59 Å². The van der Waals surface area contributed by atoms with Gasteiger partial charge in [0.25, 0.3) is 0 Å². The lowest BCUT2D eigenvalue weighted by Crippen LogP contribution is -2.51. The van der Waals surface area contributed by atoms with Gasteiger partial charge < -0.3 is 9.13 Å². The molecule has 0 aromatic rings. The fourth-order valence-electron chi connectivity index (χ4n) is 0.920. The van der Waals surface area contributed by atoms with Gasteiger partial charge in [0.05, 0.1) is 0 Å². The number of hydrogen-bond donors (Lipinski definition) is 0. The summed E-state index contributed by atoms with van der Waals surface area (Å²) >= 11 is 0. The van der Waals surface area contributed by atoms with E-state index in [4.69, 9.17) is 0 Å². The van der Waals surface area contributed by atoms with Crippen molar-refractivity contribution in [1.29, 1.82) is 0 Å². The van der Waals surface area contributed by atoms with E-state index in [1.165, 1.54) is 13.8 Å². The van der Waals surface area contributed by atoms with E-state index in [2.05, 4.69) is 0 Å². The highest BCUT2D eigenvalue weighted by atomic mass is 28.3. The third kappa shape index (κ3) is 3.33. The van der Waals surface area contributed by atoms with Crippen LogP contribution >= 0.6 is 0 Å². The van der Waals surface area contributed by atoms with Crippen LogP contribution < -0.4 is 0 Å². The summed E-state index contributed by atoms with van der Waals surface area (Å²) in [6.45, 7) is 4.89. The Balaban J connectivity index is 4.75. The first-order valence-corrected chi connectivity index (χ1v) is 5.87. The lowest BCUT2D eigenvalue weighted by molar-refractivity contribution is -0.125. The van der Waals surface area contributed by atoms with E-state index < -0.39 is 9.12 Å². The molecule has 0 rings (SSSR count). The second kappa shape index (κ2) is 5.59. The Bertz CT molecular complexity index is 233. The molecule has 5 heteroatoms. The largest absolute Gasteiger partial charge is 0.351 e. The Labute approximate surface area is 86.9 Å². The first-order valence-electron chi connectivity index (χ1n) is 4.40. The molecule has 79 valence electrons. The lowest BCUT2D eigenvalue weighted by atomic mass is 10.7. The Kier molecular flexibility index (Phi) is 5.15. The molecule has 0 aromatic carbocycles. The van der Waals surface area contributed by atoms with Crippen molar-refractivity contribution in [3.05, 3.63) is 11.8 Å². The second-order valence-electron chi connectivity index (χ2n) is 3.01. The molecule has 0 aromatic heterocycles. The quantitative estimate of drug-likeness (QED) is 0.642. The molecule has 0 aliphatic rings. The summed E-state index contributed by atoms with van der Waals surface area (Å²) in [5.74, 6) is -0.0461. The molecule has 0 atom stereocenters. The SMILES string of the molecule is CC=C[Si](N(C)C(C)=O)N(C)C(C)=O. The number of allylic oxidation sites excluding steroid dienone is 1. The Morgan fingerprint density at radius 2 is 1.43 bits per heavy atom. The normalized spacial score (nSPS) is 10.7. The number of hydrogen-bond acceptors (Lipinski definition) is 2. The van der Waals surface area contributed by atoms with E-state index in [1.54, 1.807) is 23.2 Å². The maximum absolute atomic E-state index is 11.2. The molecule has 0 aliphatic heterocycles. The molecule has 0 fully saturated rings. The van der Waals surface area contributed by atoms with Gasteiger partial charge in [-0.25, -0.2) is 0 Å². The minimum atomic E-state index is -1.36. The molecule has 2 amide bonds. The van der Waals surface area contributed by atoms with E-state index in [0.717, 1.165) is 0 Å².